The molecule has 1 aliphatic rings. The minimum atomic E-state index is -0.470. The molecule has 118 valence electrons. The number of rotatable bonds is 5. The van der Waals surface area contributed by atoms with Crippen molar-refractivity contribution in [2.75, 3.05) is 51.9 Å². The molecule has 21 heavy (non-hydrogen) atoms. The molecule has 6 nitrogen and oxygen atoms in total. The smallest absolute Gasteiger partial charge is 0.411 e. The first-order valence-corrected chi connectivity index (χ1v) is 6.66. The molecule has 0 saturated carbocycles. The molecule has 1 fully saturated rings. The van der Waals surface area contributed by atoms with Crippen LogP contribution in [0.2, 0.25) is 0 Å². The molecule has 1 saturated heterocycles. The Balaban J connectivity index is 0.00000220. The number of anilines is 1. The summed E-state index contributed by atoms with van der Waals surface area (Å²) in [6.45, 7) is 4.35. The van der Waals surface area contributed by atoms with Crippen molar-refractivity contribution in [3.8, 4) is 5.75 Å². The quantitative estimate of drug-likeness (QED) is 0.900. The Labute approximate surface area is 130 Å². The molecule has 0 aliphatic carbocycles. The number of morpholine rings is 1. The number of para-hydroxylation sites is 2. The number of nitrogens with zero attached hydrogens (tertiary/aromatic N) is 1. The average molecular weight is 317 g/mol. The fourth-order valence-electron chi connectivity index (χ4n) is 1.99. The first-order chi connectivity index (χ1) is 9.79. The van der Waals surface area contributed by atoms with Crippen LogP contribution in [0.5, 0.6) is 5.75 Å². The van der Waals surface area contributed by atoms with Crippen molar-refractivity contribution in [3.05, 3.63) is 24.3 Å². The molecule has 1 aliphatic heterocycles. The molecule has 0 bridgehead atoms. The molecule has 1 amide bonds. The Morgan fingerprint density at radius 3 is 2.76 bits per heavy atom. The Kier molecular flexibility index (Phi) is 7.89. The van der Waals surface area contributed by atoms with Gasteiger partial charge in [0.2, 0.25) is 0 Å². The standard InChI is InChI=1S/C14H20N2O4.ClH/c1-18-13-5-3-2-4-12(13)15-14(17)20-11-8-16-6-9-19-10-7-16;/h2-5H,6-11H2,1H3,(H,15,17);1H. The molecule has 1 heterocycles. The monoisotopic (exact) mass is 316 g/mol. The molecule has 0 atom stereocenters. The highest BCUT2D eigenvalue weighted by atomic mass is 35.5. The highest BCUT2D eigenvalue weighted by Gasteiger charge is 2.11. The van der Waals surface area contributed by atoms with Crippen LogP contribution in [0.25, 0.3) is 0 Å². The number of carbonyl (C=O) groups excluding carboxylic acids is 1. The maximum atomic E-state index is 11.7. The van der Waals surface area contributed by atoms with E-state index in [1.54, 1.807) is 19.2 Å². The van der Waals surface area contributed by atoms with Crippen LogP contribution in [-0.2, 0) is 9.47 Å². The molecule has 0 spiro atoms. The zero-order valence-electron chi connectivity index (χ0n) is 12.0. The van der Waals surface area contributed by atoms with Gasteiger partial charge in [0, 0.05) is 19.6 Å². The lowest BCUT2D eigenvalue weighted by Crippen LogP contribution is -2.38. The lowest BCUT2D eigenvalue weighted by atomic mass is 10.3. The molecular formula is C14H21ClN2O4. The summed E-state index contributed by atoms with van der Waals surface area (Å²) in [5, 5.41) is 2.67. The molecule has 2 rings (SSSR count). The summed E-state index contributed by atoms with van der Waals surface area (Å²) in [4.78, 5) is 13.9. The topological polar surface area (TPSA) is 60.0 Å². The van der Waals surface area contributed by atoms with Gasteiger partial charge in [-0.1, -0.05) is 12.1 Å². The van der Waals surface area contributed by atoms with Gasteiger partial charge < -0.3 is 14.2 Å². The largest absolute Gasteiger partial charge is 0.495 e. The van der Waals surface area contributed by atoms with Gasteiger partial charge in [-0.25, -0.2) is 4.79 Å². The van der Waals surface area contributed by atoms with E-state index < -0.39 is 6.09 Å². The zero-order valence-corrected chi connectivity index (χ0v) is 12.9. The normalized spacial score (nSPS) is 14.9. The van der Waals surface area contributed by atoms with Gasteiger partial charge in [-0.2, -0.15) is 0 Å². The maximum absolute atomic E-state index is 11.7. The van der Waals surface area contributed by atoms with Gasteiger partial charge in [0.25, 0.3) is 0 Å². The van der Waals surface area contributed by atoms with Crippen molar-refractivity contribution in [3.63, 3.8) is 0 Å². The van der Waals surface area contributed by atoms with Crippen molar-refractivity contribution in [2.24, 2.45) is 0 Å². The minimum Gasteiger partial charge on any atom is -0.495 e. The van der Waals surface area contributed by atoms with Gasteiger partial charge in [0.05, 0.1) is 26.0 Å². The van der Waals surface area contributed by atoms with E-state index in [1.165, 1.54) is 0 Å². The molecule has 1 aromatic rings. The summed E-state index contributed by atoms with van der Waals surface area (Å²) in [6.07, 6.45) is -0.470. The number of hydrogen-bond acceptors (Lipinski definition) is 5. The number of nitrogens with one attached hydrogen (secondary N) is 1. The van der Waals surface area contributed by atoms with E-state index in [1.807, 2.05) is 12.1 Å². The molecule has 0 aromatic heterocycles. The number of halogens is 1. The Morgan fingerprint density at radius 2 is 2.05 bits per heavy atom. The zero-order chi connectivity index (χ0) is 14.2. The van der Waals surface area contributed by atoms with E-state index >= 15 is 0 Å². The summed E-state index contributed by atoms with van der Waals surface area (Å²) in [5.41, 5.74) is 0.603. The van der Waals surface area contributed by atoms with Crippen molar-refractivity contribution in [2.45, 2.75) is 0 Å². The van der Waals surface area contributed by atoms with Gasteiger partial charge in [0.1, 0.15) is 12.4 Å². The first kappa shape index (κ1) is 17.6. The second-order valence-electron chi connectivity index (χ2n) is 4.42. The van der Waals surface area contributed by atoms with Crippen LogP contribution in [0, 0.1) is 0 Å². The van der Waals surface area contributed by atoms with E-state index in [-0.39, 0.29) is 12.4 Å². The van der Waals surface area contributed by atoms with Crippen molar-refractivity contribution >= 4 is 24.2 Å². The van der Waals surface area contributed by atoms with Gasteiger partial charge in [-0.15, -0.1) is 12.4 Å². The Morgan fingerprint density at radius 1 is 1.33 bits per heavy atom. The van der Waals surface area contributed by atoms with E-state index in [4.69, 9.17) is 14.2 Å². The van der Waals surface area contributed by atoms with Crippen LogP contribution < -0.4 is 10.1 Å². The van der Waals surface area contributed by atoms with Gasteiger partial charge in [-0.3, -0.25) is 10.2 Å². The number of hydrogen-bond donors (Lipinski definition) is 1. The van der Waals surface area contributed by atoms with E-state index in [0.717, 1.165) is 32.8 Å². The fraction of sp³-hybridized carbons (Fsp3) is 0.500. The fourth-order valence-corrected chi connectivity index (χ4v) is 1.99. The molecule has 7 heteroatoms. The number of carbonyl (C=O) groups is 1. The predicted molar refractivity (Wildman–Crippen MR) is 82.5 cm³/mol. The van der Waals surface area contributed by atoms with E-state index in [9.17, 15) is 4.79 Å². The number of amides is 1. The van der Waals surface area contributed by atoms with Crippen LogP contribution in [0.4, 0.5) is 10.5 Å². The van der Waals surface area contributed by atoms with Crippen LogP contribution in [0.15, 0.2) is 24.3 Å². The third-order valence-electron chi connectivity index (χ3n) is 3.09. The highest BCUT2D eigenvalue weighted by Crippen LogP contribution is 2.22. The molecule has 0 radical (unpaired) electrons. The summed E-state index contributed by atoms with van der Waals surface area (Å²) < 4.78 is 15.6. The molecular weight excluding hydrogens is 296 g/mol. The van der Waals surface area contributed by atoms with E-state index in [2.05, 4.69) is 10.2 Å². The average Bonchev–Trinajstić information content (AvgIpc) is 2.49. The van der Waals surface area contributed by atoms with Gasteiger partial charge >= 0.3 is 6.09 Å². The van der Waals surface area contributed by atoms with E-state index in [0.29, 0.717) is 18.0 Å². The summed E-state index contributed by atoms with van der Waals surface area (Å²) in [6, 6.07) is 7.21. The van der Waals surface area contributed by atoms with Gasteiger partial charge in [0.15, 0.2) is 0 Å². The third-order valence-corrected chi connectivity index (χ3v) is 3.09. The summed E-state index contributed by atoms with van der Waals surface area (Å²) in [5.74, 6) is 0.609. The second-order valence-corrected chi connectivity index (χ2v) is 4.42. The van der Waals surface area contributed by atoms with Gasteiger partial charge in [-0.05, 0) is 12.1 Å². The Bertz CT molecular complexity index is 439. The lowest BCUT2D eigenvalue weighted by Gasteiger charge is -2.26. The molecule has 0 unspecified atom stereocenters. The second kappa shape index (κ2) is 9.44. The molecule has 1 aromatic carbocycles. The third kappa shape index (κ3) is 5.79. The lowest BCUT2D eigenvalue weighted by molar-refractivity contribution is 0.0290. The maximum Gasteiger partial charge on any atom is 0.411 e. The number of ether oxygens (including phenoxy) is 3. The van der Waals surface area contributed by atoms with Crippen LogP contribution in [0.1, 0.15) is 0 Å². The number of benzene rings is 1. The van der Waals surface area contributed by atoms with Crippen molar-refractivity contribution < 1.29 is 19.0 Å². The van der Waals surface area contributed by atoms with Crippen LogP contribution in [-0.4, -0.2) is 57.6 Å². The Hall–Kier alpha value is -1.50. The summed E-state index contributed by atoms with van der Waals surface area (Å²) in [7, 11) is 1.56. The molecule has 1 N–H and O–H groups in total. The SMILES string of the molecule is COc1ccccc1NC(=O)OCCN1CCOCC1.Cl. The highest BCUT2D eigenvalue weighted by molar-refractivity contribution is 5.86. The summed E-state index contributed by atoms with van der Waals surface area (Å²) >= 11 is 0. The van der Waals surface area contributed by atoms with Crippen molar-refractivity contribution in [1.29, 1.82) is 0 Å². The first-order valence-electron chi connectivity index (χ1n) is 6.66. The van der Waals surface area contributed by atoms with Crippen LogP contribution >= 0.6 is 12.4 Å². The van der Waals surface area contributed by atoms with Crippen LogP contribution in [0.3, 0.4) is 0 Å². The number of methoxy groups -OCH3 is 1. The minimum absolute atomic E-state index is 0. The van der Waals surface area contributed by atoms with Crippen molar-refractivity contribution in [1.82, 2.24) is 4.90 Å². The predicted octanol–water partition coefficient (Wildman–Crippen LogP) is 2.00.